The molecular formula is C13H14FNO3S. The van der Waals surface area contributed by atoms with Gasteiger partial charge in [-0.05, 0) is 31.2 Å². The van der Waals surface area contributed by atoms with E-state index in [1.165, 1.54) is 24.3 Å². The Bertz CT molecular complexity index is 622. The summed E-state index contributed by atoms with van der Waals surface area (Å²) in [5.74, 6) is -0.225. The molecule has 2 aromatic carbocycles. The first kappa shape index (κ1) is 15.3. The van der Waals surface area contributed by atoms with Crippen molar-refractivity contribution in [2.24, 2.45) is 0 Å². The van der Waals surface area contributed by atoms with E-state index in [0.717, 1.165) is 5.56 Å². The van der Waals surface area contributed by atoms with Gasteiger partial charge in [-0.3, -0.25) is 0 Å². The van der Waals surface area contributed by atoms with Crippen molar-refractivity contribution in [2.75, 3.05) is 0 Å². The van der Waals surface area contributed by atoms with Crippen molar-refractivity contribution in [1.82, 2.24) is 0 Å². The predicted molar refractivity (Wildman–Crippen MR) is 68.1 cm³/mol. The van der Waals surface area contributed by atoms with Gasteiger partial charge in [-0.1, -0.05) is 23.8 Å². The zero-order valence-corrected chi connectivity index (χ0v) is 11.2. The standard InChI is InChI=1S/C7H8O3S.C6H6FN/c1-6-2-4-7(5-3-6)11(8,9)10;7-5-2-1-3-6(8)4-5/h2-5H,1H3,(H,8,9,10);1-4H,8H2. The highest BCUT2D eigenvalue weighted by Crippen LogP contribution is 2.08. The van der Waals surface area contributed by atoms with Gasteiger partial charge in [-0.15, -0.1) is 0 Å². The molecule has 0 amide bonds. The van der Waals surface area contributed by atoms with E-state index in [2.05, 4.69) is 5.73 Å². The van der Waals surface area contributed by atoms with Crippen LogP contribution in [0.3, 0.4) is 0 Å². The molecular weight excluding hydrogens is 269 g/mol. The molecule has 0 radical (unpaired) electrons. The topological polar surface area (TPSA) is 84.8 Å². The van der Waals surface area contributed by atoms with Gasteiger partial charge in [0.05, 0.1) is 4.90 Å². The van der Waals surface area contributed by atoms with Crippen molar-refractivity contribution in [3.63, 3.8) is 0 Å². The summed E-state index contributed by atoms with van der Waals surface area (Å²) in [6, 6.07) is 12.0. The lowest BCUT2D eigenvalue weighted by molar-refractivity contribution is -0.255. The molecule has 0 saturated heterocycles. The minimum absolute atomic E-state index is 0.178. The number of aryl methyl sites for hydroxylation is 1. The van der Waals surface area contributed by atoms with Crippen LogP contribution in [0.1, 0.15) is 5.56 Å². The summed E-state index contributed by atoms with van der Waals surface area (Å²) < 4.78 is 43.3. The summed E-state index contributed by atoms with van der Waals surface area (Å²) in [6.07, 6.45) is 0. The molecule has 102 valence electrons. The van der Waals surface area contributed by atoms with E-state index in [-0.39, 0.29) is 10.7 Å². The van der Waals surface area contributed by atoms with Gasteiger partial charge < -0.3 is 10.3 Å². The zero-order valence-electron chi connectivity index (χ0n) is 10.3. The Balaban J connectivity index is 0.000000200. The van der Waals surface area contributed by atoms with Gasteiger partial charge in [0.1, 0.15) is 21.6 Å². The summed E-state index contributed by atoms with van der Waals surface area (Å²) in [7, 11) is -4.27. The van der Waals surface area contributed by atoms with Crippen LogP contribution in [0.25, 0.3) is 0 Å². The Morgan fingerprint density at radius 3 is 2.05 bits per heavy atom. The van der Waals surface area contributed by atoms with Crippen LogP contribution >= 0.6 is 0 Å². The minimum Gasteiger partial charge on any atom is -0.744 e. The molecule has 2 rings (SSSR count). The highest BCUT2D eigenvalue weighted by molar-refractivity contribution is 7.85. The number of hydrogen-bond acceptors (Lipinski definition) is 3. The summed E-state index contributed by atoms with van der Waals surface area (Å²) in [5.41, 5.74) is 5.18. The van der Waals surface area contributed by atoms with Crippen LogP contribution in [0.4, 0.5) is 10.1 Å². The Hall–Kier alpha value is -1.76. The van der Waals surface area contributed by atoms with E-state index in [0.29, 0.717) is 5.69 Å². The van der Waals surface area contributed by atoms with E-state index < -0.39 is 10.1 Å². The molecule has 0 spiro atoms. The lowest BCUT2D eigenvalue weighted by atomic mass is 10.2. The quantitative estimate of drug-likeness (QED) is 0.807. The van der Waals surface area contributed by atoms with E-state index in [1.54, 1.807) is 24.3 Å². The van der Waals surface area contributed by atoms with Crippen molar-refractivity contribution in [3.8, 4) is 0 Å². The summed E-state index contributed by atoms with van der Waals surface area (Å²) in [6.45, 7) is 1.82. The van der Waals surface area contributed by atoms with Crippen LogP contribution in [-0.2, 0) is 10.1 Å². The number of halogens is 1. The maximum atomic E-state index is 12.1. The van der Waals surface area contributed by atoms with E-state index in [4.69, 9.17) is 0 Å². The van der Waals surface area contributed by atoms with Gasteiger partial charge in [0.25, 0.3) is 0 Å². The average molecular weight is 283 g/mol. The highest BCUT2D eigenvalue weighted by Gasteiger charge is 1.97. The van der Waals surface area contributed by atoms with Gasteiger partial charge >= 0.3 is 0 Å². The first-order valence-corrected chi connectivity index (χ1v) is 6.80. The average Bonchev–Trinajstić information content (AvgIpc) is 2.28. The molecule has 0 heterocycles. The lowest BCUT2D eigenvalue weighted by Crippen LogP contribution is -2.40. The summed E-state index contributed by atoms with van der Waals surface area (Å²) in [4.78, 5) is -0.178. The SMILES string of the molecule is Cc1ccc(S(=O)(=O)[O-])cc1.[NH3+]c1cccc(F)c1. The summed E-state index contributed by atoms with van der Waals surface area (Å²) >= 11 is 0. The third-order valence-electron chi connectivity index (χ3n) is 2.20. The van der Waals surface area contributed by atoms with Gasteiger partial charge in [-0.25, -0.2) is 12.8 Å². The van der Waals surface area contributed by atoms with Gasteiger partial charge in [0.15, 0.2) is 0 Å². The molecule has 0 aromatic heterocycles. The van der Waals surface area contributed by atoms with Crippen LogP contribution in [-0.4, -0.2) is 13.0 Å². The van der Waals surface area contributed by atoms with Crippen molar-refractivity contribution < 1.29 is 23.1 Å². The molecule has 0 aliphatic heterocycles. The maximum absolute atomic E-state index is 12.1. The molecule has 4 nitrogen and oxygen atoms in total. The van der Waals surface area contributed by atoms with E-state index >= 15 is 0 Å². The minimum atomic E-state index is -4.27. The van der Waals surface area contributed by atoms with Gasteiger partial charge in [-0.2, -0.15) is 0 Å². The van der Waals surface area contributed by atoms with Crippen molar-refractivity contribution in [3.05, 3.63) is 59.9 Å². The second kappa shape index (κ2) is 6.42. The molecule has 0 saturated carbocycles. The Morgan fingerprint density at radius 2 is 1.68 bits per heavy atom. The van der Waals surface area contributed by atoms with Crippen LogP contribution in [0.15, 0.2) is 53.4 Å². The monoisotopic (exact) mass is 283 g/mol. The molecule has 0 fully saturated rings. The molecule has 3 N–H and O–H groups in total. The highest BCUT2D eigenvalue weighted by atomic mass is 32.2. The zero-order chi connectivity index (χ0) is 14.5. The Kier molecular flexibility index (Phi) is 5.17. The second-order valence-corrected chi connectivity index (χ2v) is 5.28. The van der Waals surface area contributed by atoms with Crippen molar-refractivity contribution in [1.29, 1.82) is 0 Å². The number of hydrogen-bond donors (Lipinski definition) is 1. The Labute approximate surface area is 111 Å². The number of rotatable bonds is 1. The molecule has 0 aliphatic rings. The van der Waals surface area contributed by atoms with E-state index in [1.807, 2.05) is 6.92 Å². The molecule has 0 bridgehead atoms. The predicted octanol–water partition coefficient (Wildman–Crippen LogP) is 1.60. The van der Waals surface area contributed by atoms with Crippen LogP contribution < -0.4 is 5.73 Å². The molecule has 6 heteroatoms. The number of benzene rings is 2. The number of quaternary nitrogens is 1. The van der Waals surface area contributed by atoms with Crippen LogP contribution in [0.2, 0.25) is 0 Å². The molecule has 0 atom stereocenters. The molecule has 0 unspecified atom stereocenters. The van der Waals surface area contributed by atoms with Crippen molar-refractivity contribution in [2.45, 2.75) is 11.8 Å². The lowest BCUT2D eigenvalue weighted by Gasteiger charge is -2.05. The molecule has 19 heavy (non-hydrogen) atoms. The largest absolute Gasteiger partial charge is 0.744 e. The summed E-state index contributed by atoms with van der Waals surface area (Å²) in [5, 5.41) is 0. The van der Waals surface area contributed by atoms with Crippen LogP contribution in [0, 0.1) is 12.7 Å². The second-order valence-electron chi connectivity index (χ2n) is 3.90. The first-order valence-electron chi connectivity index (χ1n) is 5.39. The van der Waals surface area contributed by atoms with Crippen molar-refractivity contribution >= 4 is 15.8 Å². The molecule has 2 aromatic rings. The van der Waals surface area contributed by atoms with Crippen LogP contribution in [0.5, 0.6) is 0 Å². The third kappa shape index (κ3) is 5.60. The first-order chi connectivity index (χ1) is 8.79. The fourth-order valence-corrected chi connectivity index (χ4v) is 1.71. The molecule has 0 aliphatic carbocycles. The van der Waals surface area contributed by atoms with Gasteiger partial charge in [0, 0.05) is 6.07 Å². The Morgan fingerprint density at radius 1 is 1.11 bits per heavy atom. The van der Waals surface area contributed by atoms with E-state index in [9.17, 15) is 17.4 Å². The normalized spacial score (nSPS) is 10.5. The fraction of sp³-hybridized carbons (Fsp3) is 0.0769. The third-order valence-corrected chi connectivity index (χ3v) is 3.05. The smallest absolute Gasteiger partial charge is 0.130 e. The fourth-order valence-electron chi connectivity index (χ4n) is 1.24. The van der Waals surface area contributed by atoms with Gasteiger partial charge in [0.2, 0.25) is 0 Å². The maximum Gasteiger partial charge on any atom is 0.130 e.